The molecule has 0 spiro atoms. The molecule has 6 heteroatoms. The first-order valence-corrected chi connectivity index (χ1v) is 4.77. The van der Waals surface area contributed by atoms with Crippen molar-refractivity contribution in [1.82, 2.24) is 9.78 Å². The molecular formula is C9H14F3N3. The van der Waals surface area contributed by atoms with Crippen LogP contribution >= 0.6 is 0 Å². The Morgan fingerprint density at radius 2 is 2.20 bits per heavy atom. The Morgan fingerprint density at radius 1 is 1.53 bits per heavy atom. The number of nitrogens with two attached hydrogens (primary N) is 1. The van der Waals surface area contributed by atoms with Gasteiger partial charge in [-0.05, 0) is 6.42 Å². The van der Waals surface area contributed by atoms with Crippen LogP contribution in [0.4, 0.5) is 13.2 Å². The van der Waals surface area contributed by atoms with Crippen LogP contribution in [0.25, 0.3) is 0 Å². The van der Waals surface area contributed by atoms with Gasteiger partial charge >= 0.3 is 6.18 Å². The molecule has 1 unspecified atom stereocenters. The summed E-state index contributed by atoms with van der Waals surface area (Å²) in [5.41, 5.74) is 6.49. The van der Waals surface area contributed by atoms with Gasteiger partial charge in [-0.3, -0.25) is 4.68 Å². The zero-order valence-corrected chi connectivity index (χ0v) is 8.46. The molecule has 86 valence electrons. The number of aromatic nitrogens is 2. The molecule has 0 aliphatic rings. The summed E-state index contributed by atoms with van der Waals surface area (Å²) >= 11 is 0. The summed E-state index contributed by atoms with van der Waals surface area (Å²) in [7, 11) is 0. The molecule has 0 aromatic carbocycles. The smallest absolute Gasteiger partial charge is 0.324 e. The number of nitrogens with zero attached hydrogens (tertiary/aromatic N) is 2. The summed E-state index contributed by atoms with van der Waals surface area (Å²) in [4.78, 5) is 0. The maximum atomic E-state index is 11.9. The SMILES string of the molecule is CCC(N)c1cnn(CCC(F)(F)F)c1. The van der Waals surface area contributed by atoms with Crippen LogP contribution in [0.2, 0.25) is 0 Å². The zero-order valence-electron chi connectivity index (χ0n) is 8.46. The van der Waals surface area contributed by atoms with Crippen molar-refractivity contribution in [1.29, 1.82) is 0 Å². The van der Waals surface area contributed by atoms with Gasteiger partial charge in [0.15, 0.2) is 0 Å². The van der Waals surface area contributed by atoms with Crippen molar-refractivity contribution < 1.29 is 13.2 Å². The van der Waals surface area contributed by atoms with Crippen LogP contribution in [-0.4, -0.2) is 16.0 Å². The van der Waals surface area contributed by atoms with Crippen LogP contribution in [0.15, 0.2) is 12.4 Å². The molecular weight excluding hydrogens is 207 g/mol. The van der Waals surface area contributed by atoms with Crippen LogP contribution in [0.1, 0.15) is 31.4 Å². The number of hydrogen-bond donors (Lipinski definition) is 1. The minimum atomic E-state index is -4.14. The number of halogens is 3. The molecule has 1 aromatic rings. The molecule has 0 amide bonds. The molecule has 3 nitrogen and oxygen atoms in total. The van der Waals surface area contributed by atoms with E-state index >= 15 is 0 Å². The van der Waals surface area contributed by atoms with E-state index in [4.69, 9.17) is 5.73 Å². The van der Waals surface area contributed by atoms with Gasteiger partial charge in [0, 0.05) is 24.3 Å². The fourth-order valence-electron chi connectivity index (χ4n) is 1.17. The summed E-state index contributed by atoms with van der Waals surface area (Å²) in [6, 6.07) is -0.148. The van der Waals surface area contributed by atoms with Crippen LogP contribution in [0.5, 0.6) is 0 Å². The lowest BCUT2D eigenvalue weighted by atomic mass is 10.1. The number of aryl methyl sites for hydroxylation is 1. The van der Waals surface area contributed by atoms with Gasteiger partial charge in [0.25, 0.3) is 0 Å². The van der Waals surface area contributed by atoms with Crippen LogP contribution in [-0.2, 0) is 6.54 Å². The molecule has 1 aromatic heterocycles. The zero-order chi connectivity index (χ0) is 11.5. The maximum Gasteiger partial charge on any atom is 0.390 e. The number of hydrogen-bond acceptors (Lipinski definition) is 2. The van der Waals surface area contributed by atoms with Crippen molar-refractivity contribution in [2.75, 3.05) is 0 Å². The van der Waals surface area contributed by atoms with Crippen molar-refractivity contribution in [2.24, 2.45) is 5.73 Å². The second kappa shape index (κ2) is 4.65. The summed E-state index contributed by atoms with van der Waals surface area (Å²) in [5, 5.41) is 3.82. The molecule has 2 N–H and O–H groups in total. The Kier molecular flexibility index (Phi) is 3.73. The highest BCUT2D eigenvalue weighted by Gasteiger charge is 2.26. The van der Waals surface area contributed by atoms with E-state index in [1.165, 1.54) is 10.9 Å². The summed E-state index contributed by atoms with van der Waals surface area (Å²) in [5.74, 6) is 0. The maximum absolute atomic E-state index is 11.9. The van der Waals surface area contributed by atoms with Crippen molar-refractivity contribution in [3.05, 3.63) is 18.0 Å². The normalized spacial score (nSPS) is 14.2. The third-order valence-electron chi connectivity index (χ3n) is 2.15. The van der Waals surface area contributed by atoms with E-state index in [0.29, 0.717) is 0 Å². The third-order valence-corrected chi connectivity index (χ3v) is 2.15. The second-order valence-electron chi connectivity index (χ2n) is 3.42. The average molecular weight is 221 g/mol. The molecule has 1 heterocycles. The Balaban J connectivity index is 2.53. The first-order chi connectivity index (χ1) is 6.92. The molecule has 0 bridgehead atoms. The fraction of sp³-hybridized carbons (Fsp3) is 0.667. The predicted molar refractivity (Wildman–Crippen MR) is 50.1 cm³/mol. The number of alkyl halides is 3. The molecule has 0 fully saturated rings. The molecule has 0 aliphatic heterocycles. The molecule has 15 heavy (non-hydrogen) atoms. The highest BCUT2D eigenvalue weighted by molar-refractivity contribution is 5.09. The fourth-order valence-corrected chi connectivity index (χ4v) is 1.17. The minimum absolute atomic E-state index is 0.148. The summed E-state index contributed by atoms with van der Waals surface area (Å²) in [6.45, 7) is 1.76. The van der Waals surface area contributed by atoms with Crippen molar-refractivity contribution in [3.63, 3.8) is 0 Å². The van der Waals surface area contributed by atoms with Crippen molar-refractivity contribution in [2.45, 2.75) is 38.5 Å². The first-order valence-electron chi connectivity index (χ1n) is 4.77. The highest BCUT2D eigenvalue weighted by Crippen LogP contribution is 2.20. The van der Waals surface area contributed by atoms with E-state index in [9.17, 15) is 13.2 Å². The number of rotatable bonds is 4. The first kappa shape index (κ1) is 12.0. The van der Waals surface area contributed by atoms with Gasteiger partial charge in [-0.25, -0.2) is 0 Å². The van der Waals surface area contributed by atoms with E-state index in [2.05, 4.69) is 5.10 Å². The van der Waals surface area contributed by atoms with Crippen molar-refractivity contribution >= 4 is 0 Å². The molecule has 0 radical (unpaired) electrons. The molecule has 1 atom stereocenters. The van der Waals surface area contributed by atoms with E-state index in [0.717, 1.165) is 12.0 Å². The predicted octanol–water partition coefficient (Wildman–Crippen LogP) is 2.25. The van der Waals surface area contributed by atoms with Crippen molar-refractivity contribution in [3.8, 4) is 0 Å². The molecule has 0 saturated carbocycles. The quantitative estimate of drug-likeness (QED) is 0.847. The van der Waals surface area contributed by atoms with Gasteiger partial charge in [0.05, 0.1) is 12.6 Å². The largest absolute Gasteiger partial charge is 0.390 e. The summed E-state index contributed by atoms with van der Waals surface area (Å²) in [6.07, 6.45) is -1.18. The lowest BCUT2D eigenvalue weighted by Gasteiger charge is -2.06. The highest BCUT2D eigenvalue weighted by atomic mass is 19.4. The average Bonchev–Trinajstić information content (AvgIpc) is 2.61. The second-order valence-corrected chi connectivity index (χ2v) is 3.42. The molecule has 1 rings (SSSR count). The van der Waals surface area contributed by atoms with Crippen LogP contribution in [0.3, 0.4) is 0 Å². The summed E-state index contributed by atoms with van der Waals surface area (Å²) < 4.78 is 37.0. The third kappa shape index (κ3) is 3.91. The van der Waals surface area contributed by atoms with Gasteiger partial charge in [-0.2, -0.15) is 18.3 Å². The van der Waals surface area contributed by atoms with Gasteiger partial charge in [-0.15, -0.1) is 0 Å². The topological polar surface area (TPSA) is 43.8 Å². The van der Waals surface area contributed by atoms with Crippen LogP contribution in [0, 0.1) is 0 Å². The lowest BCUT2D eigenvalue weighted by molar-refractivity contribution is -0.137. The van der Waals surface area contributed by atoms with Gasteiger partial charge in [0.2, 0.25) is 0 Å². The Labute approximate surface area is 86.1 Å². The monoisotopic (exact) mass is 221 g/mol. The van der Waals surface area contributed by atoms with Gasteiger partial charge in [-0.1, -0.05) is 6.92 Å². The van der Waals surface area contributed by atoms with E-state index in [1.807, 2.05) is 6.92 Å². The van der Waals surface area contributed by atoms with Gasteiger partial charge in [0.1, 0.15) is 0 Å². The van der Waals surface area contributed by atoms with Crippen LogP contribution < -0.4 is 5.73 Å². The van der Waals surface area contributed by atoms with E-state index in [1.54, 1.807) is 6.20 Å². The Morgan fingerprint density at radius 3 is 2.73 bits per heavy atom. The standard InChI is InChI=1S/C9H14F3N3/c1-2-8(13)7-5-14-15(6-7)4-3-9(10,11)12/h5-6,8H,2-4,13H2,1H3. The van der Waals surface area contributed by atoms with E-state index < -0.39 is 12.6 Å². The Hall–Kier alpha value is -1.04. The van der Waals surface area contributed by atoms with Gasteiger partial charge < -0.3 is 5.73 Å². The molecule has 0 aliphatic carbocycles. The minimum Gasteiger partial charge on any atom is -0.324 e. The Bertz CT molecular complexity index is 306. The molecule has 0 saturated heterocycles. The van der Waals surface area contributed by atoms with E-state index in [-0.39, 0.29) is 12.6 Å². The lowest BCUT2D eigenvalue weighted by Crippen LogP contribution is -2.12.